The van der Waals surface area contributed by atoms with Crippen LogP contribution in [-0.2, 0) is 10.0 Å². The number of carbonyl (C=O) groups excluding carboxylic acids is 1. The molecule has 0 saturated carbocycles. The van der Waals surface area contributed by atoms with Crippen LogP contribution >= 0.6 is 0 Å². The van der Waals surface area contributed by atoms with Crippen LogP contribution < -0.4 is 15.8 Å². The molecule has 0 unspecified atom stereocenters. The molecule has 106 valence electrons. The number of hydrogen-bond donors (Lipinski definition) is 3. The molecule has 0 spiro atoms. The van der Waals surface area contributed by atoms with E-state index in [-0.39, 0.29) is 22.2 Å². The number of urea groups is 1. The monoisotopic (exact) mass is 289 g/mol. The van der Waals surface area contributed by atoms with Crippen molar-refractivity contribution in [3.63, 3.8) is 0 Å². The average molecular weight is 289 g/mol. The van der Waals surface area contributed by atoms with Crippen molar-refractivity contribution in [3.8, 4) is 0 Å². The second-order valence-corrected chi connectivity index (χ2v) is 6.06. The van der Waals surface area contributed by atoms with Gasteiger partial charge in [-0.05, 0) is 38.5 Å². The summed E-state index contributed by atoms with van der Waals surface area (Å²) < 4.78 is 38.9. The number of hydrogen-bond acceptors (Lipinski definition) is 4. The molecule has 0 aliphatic heterocycles. The standard InChI is InChI=1S/C11H16FN3O3S/c1-6(2)14-11(16)15-19(17,18)8-4-7(3)10(12)9(13)5-8/h4-6H,13H2,1-3H3,(H2,14,15,16). The summed E-state index contributed by atoms with van der Waals surface area (Å²) in [5, 5.41) is 2.37. The Bertz CT molecular complexity index is 576. The summed E-state index contributed by atoms with van der Waals surface area (Å²) in [6.07, 6.45) is 0. The maximum atomic E-state index is 13.3. The smallest absolute Gasteiger partial charge is 0.328 e. The van der Waals surface area contributed by atoms with Gasteiger partial charge in [-0.1, -0.05) is 0 Å². The summed E-state index contributed by atoms with van der Waals surface area (Å²) in [6, 6.07) is 1.01. The second-order valence-electron chi connectivity index (χ2n) is 4.38. The number of nitrogens with two attached hydrogens (primary N) is 1. The van der Waals surface area contributed by atoms with Crippen molar-refractivity contribution in [2.24, 2.45) is 0 Å². The fourth-order valence-corrected chi connectivity index (χ4v) is 2.43. The zero-order chi connectivity index (χ0) is 14.8. The highest BCUT2D eigenvalue weighted by Crippen LogP contribution is 2.20. The molecule has 0 radical (unpaired) electrons. The number of aryl methyl sites for hydroxylation is 1. The zero-order valence-corrected chi connectivity index (χ0v) is 11.6. The molecule has 6 nitrogen and oxygen atoms in total. The predicted octanol–water partition coefficient (Wildman–Crippen LogP) is 1.11. The van der Waals surface area contributed by atoms with E-state index in [1.165, 1.54) is 6.92 Å². The largest absolute Gasteiger partial charge is 0.396 e. The molecule has 1 aromatic carbocycles. The minimum Gasteiger partial charge on any atom is -0.396 e. The lowest BCUT2D eigenvalue weighted by atomic mass is 10.2. The quantitative estimate of drug-likeness (QED) is 0.725. The Balaban J connectivity index is 3.05. The lowest BCUT2D eigenvalue weighted by Crippen LogP contribution is -2.42. The topological polar surface area (TPSA) is 101 Å². The Hall–Kier alpha value is -1.83. The molecule has 1 rings (SSSR count). The van der Waals surface area contributed by atoms with Gasteiger partial charge in [-0.15, -0.1) is 0 Å². The molecule has 0 aliphatic rings. The van der Waals surface area contributed by atoms with E-state index >= 15 is 0 Å². The van der Waals surface area contributed by atoms with Crippen molar-refractivity contribution >= 4 is 21.7 Å². The van der Waals surface area contributed by atoms with E-state index in [1.807, 2.05) is 4.72 Å². The average Bonchev–Trinajstić information content (AvgIpc) is 2.22. The summed E-state index contributed by atoms with van der Waals surface area (Å²) in [5.41, 5.74) is 5.16. The van der Waals surface area contributed by atoms with Gasteiger partial charge in [0.2, 0.25) is 0 Å². The van der Waals surface area contributed by atoms with Crippen molar-refractivity contribution in [1.82, 2.24) is 10.0 Å². The van der Waals surface area contributed by atoms with Crippen LogP contribution in [0.3, 0.4) is 0 Å². The molecule has 4 N–H and O–H groups in total. The maximum Gasteiger partial charge on any atom is 0.328 e. The zero-order valence-electron chi connectivity index (χ0n) is 10.8. The Kier molecular flexibility index (Phi) is 4.35. The van der Waals surface area contributed by atoms with E-state index in [9.17, 15) is 17.6 Å². The normalized spacial score (nSPS) is 11.4. The molecular formula is C11H16FN3O3S. The molecule has 0 fully saturated rings. The molecule has 8 heteroatoms. The van der Waals surface area contributed by atoms with Crippen molar-refractivity contribution in [3.05, 3.63) is 23.5 Å². The van der Waals surface area contributed by atoms with Crippen molar-refractivity contribution in [2.75, 3.05) is 5.73 Å². The van der Waals surface area contributed by atoms with Gasteiger partial charge in [-0.25, -0.2) is 22.3 Å². The van der Waals surface area contributed by atoms with E-state index in [0.717, 1.165) is 12.1 Å². The van der Waals surface area contributed by atoms with E-state index in [4.69, 9.17) is 5.73 Å². The third-order valence-corrected chi connectivity index (χ3v) is 3.52. The number of anilines is 1. The first-order chi connectivity index (χ1) is 8.63. The molecule has 0 aliphatic carbocycles. The highest BCUT2D eigenvalue weighted by molar-refractivity contribution is 7.90. The van der Waals surface area contributed by atoms with Gasteiger partial charge >= 0.3 is 6.03 Å². The molecule has 1 aromatic rings. The first kappa shape index (κ1) is 15.2. The molecule has 0 atom stereocenters. The number of amides is 2. The van der Waals surface area contributed by atoms with Crippen LogP contribution in [0.4, 0.5) is 14.9 Å². The highest BCUT2D eigenvalue weighted by Gasteiger charge is 2.20. The Labute approximate surface area is 111 Å². The van der Waals surface area contributed by atoms with Crippen LogP contribution in [0.15, 0.2) is 17.0 Å². The Morgan fingerprint density at radius 3 is 2.42 bits per heavy atom. The summed E-state index contributed by atoms with van der Waals surface area (Å²) in [6.45, 7) is 4.76. The molecule has 0 heterocycles. The third-order valence-electron chi connectivity index (χ3n) is 2.21. The third kappa shape index (κ3) is 3.82. The number of carbonyl (C=O) groups is 1. The summed E-state index contributed by atoms with van der Waals surface area (Å²) in [4.78, 5) is 11.1. The minimum absolute atomic E-state index is 0.0876. The first-order valence-electron chi connectivity index (χ1n) is 5.52. The van der Waals surface area contributed by atoms with E-state index < -0.39 is 21.9 Å². The van der Waals surface area contributed by atoms with Crippen LogP contribution in [0.25, 0.3) is 0 Å². The van der Waals surface area contributed by atoms with E-state index in [1.54, 1.807) is 13.8 Å². The fraction of sp³-hybridized carbons (Fsp3) is 0.364. The minimum atomic E-state index is -4.08. The van der Waals surface area contributed by atoms with Crippen LogP contribution in [0, 0.1) is 12.7 Å². The van der Waals surface area contributed by atoms with E-state index in [0.29, 0.717) is 0 Å². The Morgan fingerprint density at radius 1 is 1.37 bits per heavy atom. The van der Waals surface area contributed by atoms with Crippen LogP contribution in [0.5, 0.6) is 0 Å². The van der Waals surface area contributed by atoms with Crippen LogP contribution in [0.1, 0.15) is 19.4 Å². The molecule has 0 aromatic heterocycles. The summed E-state index contributed by atoms with van der Waals surface area (Å²) >= 11 is 0. The van der Waals surface area contributed by atoms with Crippen molar-refractivity contribution in [1.29, 1.82) is 0 Å². The maximum absolute atomic E-state index is 13.3. The number of benzene rings is 1. The number of nitrogens with one attached hydrogen (secondary N) is 2. The van der Waals surface area contributed by atoms with Gasteiger partial charge in [0.05, 0.1) is 10.6 Å². The molecule has 0 bridgehead atoms. The molecular weight excluding hydrogens is 273 g/mol. The predicted molar refractivity (Wildman–Crippen MR) is 69.5 cm³/mol. The number of rotatable bonds is 3. The fourth-order valence-electron chi connectivity index (χ4n) is 1.39. The van der Waals surface area contributed by atoms with Gasteiger partial charge in [0.1, 0.15) is 5.82 Å². The van der Waals surface area contributed by atoms with Crippen LogP contribution in [-0.4, -0.2) is 20.5 Å². The van der Waals surface area contributed by atoms with Gasteiger partial charge in [0.15, 0.2) is 0 Å². The van der Waals surface area contributed by atoms with Gasteiger partial charge in [0, 0.05) is 6.04 Å². The lowest BCUT2D eigenvalue weighted by Gasteiger charge is -2.12. The van der Waals surface area contributed by atoms with Crippen molar-refractivity contribution in [2.45, 2.75) is 31.7 Å². The van der Waals surface area contributed by atoms with Gasteiger partial charge in [-0.2, -0.15) is 0 Å². The second kappa shape index (κ2) is 5.43. The Morgan fingerprint density at radius 2 is 1.95 bits per heavy atom. The van der Waals surface area contributed by atoms with Gasteiger partial charge in [-0.3, -0.25) is 0 Å². The molecule has 19 heavy (non-hydrogen) atoms. The van der Waals surface area contributed by atoms with Gasteiger partial charge in [0.25, 0.3) is 10.0 Å². The lowest BCUT2D eigenvalue weighted by molar-refractivity contribution is 0.243. The summed E-state index contributed by atoms with van der Waals surface area (Å²) in [5.74, 6) is -0.675. The van der Waals surface area contributed by atoms with Gasteiger partial charge < -0.3 is 11.1 Å². The number of sulfonamides is 1. The number of nitrogen functional groups attached to an aromatic ring is 1. The van der Waals surface area contributed by atoms with Crippen LogP contribution in [0.2, 0.25) is 0 Å². The SMILES string of the molecule is Cc1cc(S(=O)(=O)NC(=O)NC(C)C)cc(N)c1F. The van der Waals surface area contributed by atoms with Crippen molar-refractivity contribution < 1.29 is 17.6 Å². The molecule has 2 amide bonds. The summed E-state index contributed by atoms with van der Waals surface area (Å²) in [7, 11) is -4.08. The highest BCUT2D eigenvalue weighted by atomic mass is 32.2. The first-order valence-corrected chi connectivity index (χ1v) is 7.00. The molecule has 0 saturated heterocycles. The number of halogens is 1. The van der Waals surface area contributed by atoms with E-state index in [2.05, 4.69) is 5.32 Å².